The van der Waals surface area contributed by atoms with Crippen LogP contribution >= 0.6 is 0 Å². The van der Waals surface area contributed by atoms with Crippen LogP contribution in [0.25, 0.3) is 0 Å². The minimum Gasteiger partial charge on any atom is -0.545 e. The van der Waals surface area contributed by atoms with Crippen LogP contribution in [0.3, 0.4) is 0 Å². The average molecular weight is 305 g/mol. The molecule has 1 aromatic rings. The third-order valence-corrected chi connectivity index (χ3v) is 2.72. The Morgan fingerprint density at radius 2 is 1.45 bits per heavy atom. The molecule has 0 saturated heterocycles. The number of nitrogens with zero attached hydrogens (tertiary/aromatic N) is 1. The van der Waals surface area contributed by atoms with Gasteiger partial charge >= 0.3 is 57.4 Å². The van der Waals surface area contributed by atoms with E-state index in [0.29, 0.717) is 0 Å². The van der Waals surface area contributed by atoms with E-state index in [2.05, 4.69) is 25.7 Å². The number of carbonyl (C=O) groups excluding carboxylic acids is 1. The molecule has 0 radical (unpaired) electrons. The van der Waals surface area contributed by atoms with Gasteiger partial charge in [-0.1, -0.05) is 39.0 Å². The van der Waals surface area contributed by atoms with E-state index in [9.17, 15) is 14.7 Å². The Kier molecular flexibility index (Phi) is 13.8. The third kappa shape index (κ3) is 8.13. The fraction of sp³-hybridized carbons (Fsp3) is 0.429. The summed E-state index contributed by atoms with van der Waals surface area (Å²) < 4.78 is 0. The molecule has 0 aliphatic carbocycles. The second-order valence-electron chi connectivity index (χ2n) is 3.76. The molecule has 6 heteroatoms. The zero-order valence-corrected chi connectivity index (χ0v) is 15.7. The standard InChI is InChI=1S/C8H6O4.C6H15N.K/c9-7(10)5-3-1-2-4-6(5)8(11)12;1-4-7(5-2)6-3;/h1-4H,(H,9,10)(H,11,12);4-6H2,1-3H3;/q;;+1/p-1. The third-order valence-electron chi connectivity index (χ3n) is 2.72. The monoisotopic (exact) mass is 305 g/mol. The van der Waals surface area contributed by atoms with E-state index in [1.807, 2.05) is 0 Å². The van der Waals surface area contributed by atoms with E-state index < -0.39 is 11.9 Å². The van der Waals surface area contributed by atoms with Crippen LogP contribution < -0.4 is 56.5 Å². The summed E-state index contributed by atoms with van der Waals surface area (Å²) in [6.45, 7) is 10.1. The molecule has 0 aromatic heterocycles. The fourth-order valence-electron chi connectivity index (χ4n) is 1.52. The first kappa shape index (κ1) is 22.0. The van der Waals surface area contributed by atoms with Crippen molar-refractivity contribution in [3.8, 4) is 0 Å². The van der Waals surface area contributed by atoms with Crippen molar-refractivity contribution in [3.63, 3.8) is 0 Å². The summed E-state index contributed by atoms with van der Waals surface area (Å²) in [5.41, 5.74) is -0.553. The molecule has 0 amide bonds. The van der Waals surface area contributed by atoms with Crippen LogP contribution in [0.1, 0.15) is 41.5 Å². The first-order valence-corrected chi connectivity index (χ1v) is 6.23. The van der Waals surface area contributed by atoms with Gasteiger partial charge in [0.15, 0.2) is 0 Å². The maximum Gasteiger partial charge on any atom is 1.00 e. The summed E-state index contributed by atoms with van der Waals surface area (Å²) in [5, 5.41) is 18.9. The van der Waals surface area contributed by atoms with Crippen molar-refractivity contribution in [2.24, 2.45) is 0 Å². The number of hydrogen-bond donors (Lipinski definition) is 1. The summed E-state index contributed by atoms with van der Waals surface area (Å²) in [7, 11) is 0. The van der Waals surface area contributed by atoms with E-state index in [-0.39, 0.29) is 62.5 Å². The van der Waals surface area contributed by atoms with Crippen molar-refractivity contribution < 1.29 is 71.2 Å². The zero-order valence-electron chi connectivity index (χ0n) is 12.5. The molecule has 0 aliphatic rings. The van der Waals surface area contributed by atoms with E-state index >= 15 is 0 Å². The van der Waals surface area contributed by atoms with Gasteiger partial charge < -0.3 is 19.9 Å². The molecular formula is C14H20KNO4. The molecule has 0 aliphatic heterocycles. The predicted molar refractivity (Wildman–Crippen MR) is 71.2 cm³/mol. The van der Waals surface area contributed by atoms with E-state index in [0.717, 1.165) is 0 Å². The maximum absolute atomic E-state index is 10.4. The van der Waals surface area contributed by atoms with Gasteiger partial charge in [-0.25, -0.2) is 4.79 Å². The molecule has 1 rings (SSSR count). The molecule has 0 heterocycles. The van der Waals surface area contributed by atoms with Gasteiger partial charge in [0.25, 0.3) is 0 Å². The van der Waals surface area contributed by atoms with Gasteiger partial charge in [-0.2, -0.15) is 0 Å². The van der Waals surface area contributed by atoms with Crippen LogP contribution in [0, 0.1) is 0 Å². The van der Waals surface area contributed by atoms with Crippen LogP contribution in [-0.2, 0) is 0 Å². The SMILES string of the molecule is CCN(CC)CC.O=C([O-])c1ccccc1C(=O)O.[K+]. The Bertz CT molecular complexity index is 381. The molecule has 0 saturated carbocycles. The van der Waals surface area contributed by atoms with Gasteiger partial charge in [0.05, 0.1) is 11.5 Å². The Morgan fingerprint density at radius 3 is 1.65 bits per heavy atom. The summed E-state index contributed by atoms with van der Waals surface area (Å²) >= 11 is 0. The molecule has 106 valence electrons. The number of rotatable bonds is 5. The maximum atomic E-state index is 10.4. The van der Waals surface area contributed by atoms with Crippen molar-refractivity contribution >= 4 is 11.9 Å². The van der Waals surface area contributed by atoms with E-state index in [4.69, 9.17) is 5.11 Å². The Labute approximate surface area is 162 Å². The van der Waals surface area contributed by atoms with E-state index in [1.165, 1.54) is 43.9 Å². The summed E-state index contributed by atoms with van der Waals surface area (Å²) in [6.07, 6.45) is 0. The molecule has 5 nitrogen and oxygen atoms in total. The van der Waals surface area contributed by atoms with Crippen molar-refractivity contribution in [1.82, 2.24) is 4.90 Å². The van der Waals surface area contributed by atoms with Crippen LogP contribution in [-0.4, -0.2) is 41.6 Å². The summed E-state index contributed by atoms with van der Waals surface area (Å²) in [4.78, 5) is 23.2. The van der Waals surface area contributed by atoms with Crippen LogP contribution in [0.15, 0.2) is 24.3 Å². The number of carboxylic acid groups (broad SMARTS) is 2. The molecule has 1 N–H and O–H groups in total. The molecule has 1 aromatic carbocycles. The van der Waals surface area contributed by atoms with Crippen molar-refractivity contribution in [2.45, 2.75) is 20.8 Å². The average Bonchev–Trinajstić information content (AvgIpc) is 2.41. The molecule has 0 unspecified atom stereocenters. The predicted octanol–water partition coefficient (Wildman–Crippen LogP) is -1.90. The molecule has 20 heavy (non-hydrogen) atoms. The van der Waals surface area contributed by atoms with Gasteiger partial charge in [0.1, 0.15) is 0 Å². The normalized spacial score (nSPS) is 9.20. The second kappa shape index (κ2) is 12.5. The Hall–Kier alpha value is -0.244. The quantitative estimate of drug-likeness (QED) is 0.643. The van der Waals surface area contributed by atoms with Gasteiger partial charge in [-0.05, 0) is 25.7 Å². The van der Waals surface area contributed by atoms with Crippen molar-refractivity contribution in [1.29, 1.82) is 0 Å². The number of hydrogen-bond acceptors (Lipinski definition) is 4. The summed E-state index contributed by atoms with van der Waals surface area (Å²) in [6, 6.07) is 5.31. The molecule has 0 bridgehead atoms. The van der Waals surface area contributed by atoms with Gasteiger partial charge in [-0.15, -0.1) is 0 Å². The second-order valence-corrected chi connectivity index (χ2v) is 3.76. The van der Waals surface area contributed by atoms with Crippen LogP contribution in [0.5, 0.6) is 0 Å². The minimum absolute atomic E-state index is 0. The summed E-state index contributed by atoms with van der Waals surface area (Å²) in [5.74, 6) is -2.75. The first-order chi connectivity index (χ1) is 8.97. The first-order valence-electron chi connectivity index (χ1n) is 6.23. The smallest absolute Gasteiger partial charge is 0.545 e. The number of carbonyl (C=O) groups is 2. The Morgan fingerprint density at radius 1 is 1.05 bits per heavy atom. The molecule has 0 spiro atoms. The minimum atomic E-state index is -1.48. The molecule has 0 atom stereocenters. The number of benzene rings is 1. The van der Waals surface area contributed by atoms with Gasteiger partial charge in [-0.3, -0.25) is 0 Å². The fourth-order valence-corrected chi connectivity index (χ4v) is 1.52. The molecule has 0 fully saturated rings. The zero-order chi connectivity index (χ0) is 14.8. The Balaban J connectivity index is 0. The number of aromatic carboxylic acids is 2. The largest absolute Gasteiger partial charge is 1.00 e. The number of carboxylic acids is 2. The van der Waals surface area contributed by atoms with E-state index in [1.54, 1.807) is 0 Å². The van der Waals surface area contributed by atoms with Gasteiger partial charge in [0.2, 0.25) is 0 Å². The molecular weight excluding hydrogens is 285 g/mol. The van der Waals surface area contributed by atoms with Crippen LogP contribution in [0.4, 0.5) is 0 Å². The van der Waals surface area contributed by atoms with Crippen LogP contribution in [0.2, 0.25) is 0 Å². The van der Waals surface area contributed by atoms with Crippen molar-refractivity contribution in [3.05, 3.63) is 35.4 Å². The van der Waals surface area contributed by atoms with Gasteiger partial charge in [0, 0.05) is 5.56 Å². The van der Waals surface area contributed by atoms with Crippen molar-refractivity contribution in [2.75, 3.05) is 19.6 Å². The topological polar surface area (TPSA) is 80.7 Å².